The molecule has 2 rings (SSSR count). The van der Waals surface area contributed by atoms with E-state index in [0.29, 0.717) is 6.54 Å². The van der Waals surface area contributed by atoms with Crippen molar-refractivity contribution in [2.45, 2.75) is 19.4 Å². The van der Waals surface area contributed by atoms with Crippen LogP contribution in [0.25, 0.3) is 0 Å². The summed E-state index contributed by atoms with van der Waals surface area (Å²) >= 11 is 3.39. The lowest BCUT2D eigenvalue weighted by molar-refractivity contribution is 0.175. The molecule has 4 heteroatoms. The Bertz CT molecular complexity index is 603. The topological polar surface area (TPSA) is 32.3 Å². The number of halogens is 2. The largest absolute Gasteiger partial charge is 0.387 e. The highest BCUT2D eigenvalue weighted by Crippen LogP contribution is 2.17. The number of hydrogen-bond acceptors (Lipinski definition) is 2. The summed E-state index contributed by atoms with van der Waals surface area (Å²) in [5.74, 6) is -0.200. The zero-order valence-corrected chi connectivity index (χ0v) is 13.5. The van der Waals surface area contributed by atoms with Crippen molar-refractivity contribution in [3.63, 3.8) is 0 Å². The zero-order valence-electron chi connectivity index (χ0n) is 11.9. The molecule has 2 aromatic rings. The van der Waals surface area contributed by atoms with Crippen LogP contribution in [0.1, 0.15) is 22.8 Å². The van der Waals surface area contributed by atoms with Crippen LogP contribution in [-0.2, 0) is 6.42 Å². The molecule has 0 aliphatic carbocycles. The lowest BCUT2D eigenvalue weighted by Gasteiger charge is -2.13. The monoisotopic (exact) mass is 351 g/mol. The molecule has 1 unspecified atom stereocenters. The maximum atomic E-state index is 13.0. The van der Waals surface area contributed by atoms with Crippen molar-refractivity contribution in [1.29, 1.82) is 0 Å². The van der Waals surface area contributed by atoms with E-state index < -0.39 is 6.10 Å². The minimum Gasteiger partial charge on any atom is -0.387 e. The van der Waals surface area contributed by atoms with E-state index in [1.54, 1.807) is 6.07 Å². The van der Waals surface area contributed by atoms with Gasteiger partial charge < -0.3 is 10.4 Å². The number of nitrogens with one attached hydrogen (secondary N) is 1. The fraction of sp³-hybridized carbons (Fsp3) is 0.294. The highest BCUT2D eigenvalue weighted by atomic mass is 79.9. The van der Waals surface area contributed by atoms with Crippen LogP contribution < -0.4 is 5.32 Å². The van der Waals surface area contributed by atoms with E-state index in [1.165, 1.54) is 6.07 Å². The first kappa shape index (κ1) is 16.1. The van der Waals surface area contributed by atoms with Crippen molar-refractivity contribution >= 4 is 15.9 Å². The average molecular weight is 352 g/mol. The van der Waals surface area contributed by atoms with E-state index in [-0.39, 0.29) is 5.82 Å². The normalized spacial score (nSPS) is 12.4. The summed E-state index contributed by atoms with van der Waals surface area (Å²) in [5.41, 5.74) is 2.97. The molecular weight excluding hydrogens is 333 g/mol. The number of aliphatic hydroxyl groups excluding tert-OH is 1. The molecule has 2 aromatic carbocycles. The Balaban J connectivity index is 1.79. The van der Waals surface area contributed by atoms with Crippen molar-refractivity contribution in [3.05, 3.63) is 69.4 Å². The van der Waals surface area contributed by atoms with Gasteiger partial charge in [0.25, 0.3) is 0 Å². The molecule has 0 aliphatic heterocycles. The van der Waals surface area contributed by atoms with Crippen LogP contribution in [0.15, 0.2) is 46.9 Å². The van der Waals surface area contributed by atoms with Crippen molar-refractivity contribution in [1.82, 2.24) is 5.32 Å². The summed E-state index contributed by atoms with van der Waals surface area (Å²) in [6.07, 6.45) is 0.286. The summed E-state index contributed by atoms with van der Waals surface area (Å²) in [6.45, 7) is 3.16. The minimum atomic E-state index is -0.531. The Labute approximate surface area is 133 Å². The summed E-state index contributed by atoms with van der Waals surface area (Å²) in [5, 5.41) is 13.3. The molecule has 0 amide bonds. The van der Waals surface area contributed by atoms with Gasteiger partial charge in [-0.25, -0.2) is 4.39 Å². The van der Waals surface area contributed by atoms with Gasteiger partial charge in [0.2, 0.25) is 0 Å². The van der Waals surface area contributed by atoms with Crippen LogP contribution in [0.2, 0.25) is 0 Å². The third-order valence-electron chi connectivity index (χ3n) is 3.45. The van der Waals surface area contributed by atoms with Crippen LogP contribution in [0, 0.1) is 12.7 Å². The third-order valence-corrected chi connectivity index (χ3v) is 3.94. The fourth-order valence-electron chi connectivity index (χ4n) is 2.23. The highest BCUT2D eigenvalue weighted by Gasteiger charge is 2.07. The molecule has 0 saturated heterocycles. The van der Waals surface area contributed by atoms with E-state index in [2.05, 4.69) is 21.2 Å². The van der Waals surface area contributed by atoms with Gasteiger partial charge in [-0.1, -0.05) is 34.1 Å². The zero-order chi connectivity index (χ0) is 15.2. The number of hydrogen-bond donors (Lipinski definition) is 2. The van der Waals surface area contributed by atoms with Crippen molar-refractivity contribution in [2.75, 3.05) is 13.1 Å². The van der Waals surface area contributed by atoms with E-state index in [9.17, 15) is 9.50 Å². The SMILES string of the molecule is Cc1cc(F)ccc1CCNCC(O)c1cccc(Br)c1. The van der Waals surface area contributed by atoms with Crippen LogP contribution in [0.5, 0.6) is 0 Å². The van der Waals surface area contributed by atoms with Crippen LogP contribution in [0.4, 0.5) is 4.39 Å². The molecule has 0 fully saturated rings. The first-order valence-electron chi connectivity index (χ1n) is 6.95. The Morgan fingerprint density at radius 2 is 2.05 bits per heavy atom. The van der Waals surface area contributed by atoms with Gasteiger partial charge in [0.05, 0.1) is 6.10 Å². The molecule has 0 bridgehead atoms. The van der Waals surface area contributed by atoms with Gasteiger partial charge in [-0.3, -0.25) is 0 Å². The average Bonchev–Trinajstić information content (AvgIpc) is 2.45. The lowest BCUT2D eigenvalue weighted by atomic mass is 10.1. The number of aryl methyl sites for hydroxylation is 1. The molecule has 21 heavy (non-hydrogen) atoms. The molecule has 0 aromatic heterocycles. The van der Waals surface area contributed by atoms with Gasteiger partial charge in [-0.15, -0.1) is 0 Å². The second kappa shape index (κ2) is 7.69. The van der Waals surface area contributed by atoms with Crippen LogP contribution >= 0.6 is 15.9 Å². The Morgan fingerprint density at radius 1 is 1.24 bits per heavy atom. The smallest absolute Gasteiger partial charge is 0.123 e. The maximum absolute atomic E-state index is 13.0. The quantitative estimate of drug-likeness (QED) is 0.776. The second-order valence-electron chi connectivity index (χ2n) is 5.10. The van der Waals surface area contributed by atoms with E-state index in [0.717, 1.165) is 34.1 Å². The van der Waals surface area contributed by atoms with Crippen molar-refractivity contribution in [2.24, 2.45) is 0 Å². The summed E-state index contributed by atoms with van der Waals surface area (Å²) in [7, 11) is 0. The van der Waals surface area contributed by atoms with Gasteiger partial charge in [-0.05, 0) is 60.8 Å². The van der Waals surface area contributed by atoms with Gasteiger partial charge in [-0.2, -0.15) is 0 Å². The lowest BCUT2D eigenvalue weighted by Crippen LogP contribution is -2.24. The predicted octanol–water partition coefficient (Wildman–Crippen LogP) is 3.76. The summed E-state index contributed by atoms with van der Waals surface area (Å²) < 4.78 is 14.0. The first-order chi connectivity index (χ1) is 10.1. The highest BCUT2D eigenvalue weighted by molar-refractivity contribution is 9.10. The Morgan fingerprint density at radius 3 is 2.76 bits per heavy atom. The van der Waals surface area contributed by atoms with E-state index in [1.807, 2.05) is 37.3 Å². The molecule has 0 saturated carbocycles. The summed E-state index contributed by atoms with van der Waals surface area (Å²) in [6, 6.07) is 12.5. The minimum absolute atomic E-state index is 0.200. The fourth-order valence-corrected chi connectivity index (χ4v) is 2.65. The van der Waals surface area contributed by atoms with Gasteiger partial charge >= 0.3 is 0 Å². The molecule has 1 atom stereocenters. The predicted molar refractivity (Wildman–Crippen MR) is 86.8 cm³/mol. The van der Waals surface area contributed by atoms with Crippen LogP contribution in [-0.4, -0.2) is 18.2 Å². The molecular formula is C17H19BrFNO. The molecule has 0 heterocycles. The molecule has 2 nitrogen and oxygen atoms in total. The first-order valence-corrected chi connectivity index (χ1v) is 7.75. The van der Waals surface area contributed by atoms with Crippen molar-refractivity contribution in [3.8, 4) is 0 Å². The van der Waals surface area contributed by atoms with Gasteiger partial charge in [0.1, 0.15) is 5.82 Å². The van der Waals surface area contributed by atoms with Gasteiger partial charge in [0.15, 0.2) is 0 Å². The third kappa shape index (κ3) is 4.92. The molecule has 2 N–H and O–H groups in total. The van der Waals surface area contributed by atoms with E-state index >= 15 is 0 Å². The van der Waals surface area contributed by atoms with Crippen LogP contribution in [0.3, 0.4) is 0 Å². The number of rotatable bonds is 6. The second-order valence-corrected chi connectivity index (χ2v) is 6.01. The van der Waals surface area contributed by atoms with Crippen molar-refractivity contribution < 1.29 is 9.50 Å². The molecule has 0 aliphatic rings. The Kier molecular flexibility index (Phi) is 5.91. The standard InChI is InChI=1S/C17H19BrFNO/c1-12-9-16(19)6-5-13(12)7-8-20-11-17(21)14-3-2-4-15(18)10-14/h2-6,9-10,17,20-21H,7-8,11H2,1H3. The summed E-state index contributed by atoms with van der Waals surface area (Å²) in [4.78, 5) is 0. The van der Waals surface area contributed by atoms with Gasteiger partial charge in [0, 0.05) is 11.0 Å². The maximum Gasteiger partial charge on any atom is 0.123 e. The molecule has 0 spiro atoms. The number of aliphatic hydroxyl groups is 1. The Hall–Kier alpha value is -1.23. The molecule has 112 valence electrons. The number of benzene rings is 2. The van der Waals surface area contributed by atoms with E-state index in [4.69, 9.17) is 0 Å². The molecule has 0 radical (unpaired) electrons.